The third-order valence-corrected chi connectivity index (χ3v) is 5.06. The van der Waals surface area contributed by atoms with Gasteiger partial charge in [-0.15, -0.1) is 0 Å². The van der Waals surface area contributed by atoms with Gasteiger partial charge in [-0.2, -0.15) is 0 Å². The monoisotopic (exact) mass is 359 g/mol. The van der Waals surface area contributed by atoms with Crippen LogP contribution in [-0.2, 0) is 11.2 Å². The maximum absolute atomic E-state index is 12.8. The highest BCUT2D eigenvalue weighted by Crippen LogP contribution is 2.30. The van der Waals surface area contributed by atoms with Crippen LogP contribution < -0.4 is 10.2 Å². The Kier molecular flexibility index (Phi) is 4.36. The van der Waals surface area contributed by atoms with Crippen LogP contribution in [0.5, 0.6) is 0 Å². The second-order valence-corrected chi connectivity index (χ2v) is 6.78. The van der Waals surface area contributed by atoms with Gasteiger partial charge in [0.05, 0.1) is 11.2 Å². The second-order valence-electron chi connectivity index (χ2n) is 6.78. The van der Waals surface area contributed by atoms with E-state index in [9.17, 15) is 9.59 Å². The molecule has 2 heterocycles. The third-order valence-electron chi connectivity index (χ3n) is 5.06. The molecule has 0 fully saturated rings. The number of hydrogen-bond acceptors (Lipinski definition) is 3. The third kappa shape index (κ3) is 3.05. The van der Waals surface area contributed by atoms with Crippen molar-refractivity contribution in [3.63, 3.8) is 0 Å². The fourth-order valence-corrected chi connectivity index (χ4v) is 3.61. The molecule has 2 amide bonds. The van der Waals surface area contributed by atoms with Gasteiger partial charge in [-0.05, 0) is 60.9 Å². The molecular weight excluding hydrogens is 338 g/mol. The molecule has 0 spiro atoms. The van der Waals surface area contributed by atoms with Crippen LogP contribution in [0.4, 0.5) is 11.4 Å². The molecule has 1 N–H and O–H groups in total. The normalized spacial score (nSPS) is 12.9. The molecule has 0 aliphatic carbocycles. The Bertz CT molecular complexity index is 1060. The zero-order valence-corrected chi connectivity index (χ0v) is 15.5. The fraction of sp³-hybridized carbons (Fsp3) is 0.227. The van der Waals surface area contributed by atoms with Gasteiger partial charge in [0.2, 0.25) is 5.91 Å². The lowest BCUT2D eigenvalue weighted by atomic mass is 10.1. The number of pyridine rings is 1. The van der Waals surface area contributed by atoms with Crippen LogP contribution in [0, 0.1) is 6.92 Å². The first-order chi connectivity index (χ1) is 13.1. The smallest absolute Gasteiger partial charge is 0.255 e. The molecule has 0 bridgehead atoms. The van der Waals surface area contributed by atoms with Gasteiger partial charge >= 0.3 is 0 Å². The van der Waals surface area contributed by atoms with Crippen LogP contribution in [0.3, 0.4) is 0 Å². The number of nitrogens with one attached hydrogen (secondary N) is 1. The average Bonchev–Trinajstić information content (AvgIpc) is 3.13. The zero-order chi connectivity index (χ0) is 19.0. The van der Waals surface area contributed by atoms with Crippen LogP contribution in [0.15, 0.2) is 48.7 Å². The van der Waals surface area contributed by atoms with Crippen molar-refractivity contribution in [2.75, 3.05) is 16.8 Å². The van der Waals surface area contributed by atoms with Gasteiger partial charge in [-0.25, -0.2) is 0 Å². The number of hydrogen-bond donors (Lipinski definition) is 1. The van der Waals surface area contributed by atoms with Gasteiger partial charge in [0, 0.05) is 35.8 Å². The van der Waals surface area contributed by atoms with Crippen molar-refractivity contribution < 1.29 is 9.59 Å². The summed E-state index contributed by atoms with van der Waals surface area (Å²) in [5, 5.41) is 3.93. The largest absolute Gasteiger partial charge is 0.321 e. The van der Waals surface area contributed by atoms with E-state index in [-0.39, 0.29) is 11.8 Å². The minimum absolute atomic E-state index is 0.115. The van der Waals surface area contributed by atoms with E-state index >= 15 is 0 Å². The van der Waals surface area contributed by atoms with E-state index in [0.29, 0.717) is 18.5 Å². The van der Waals surface area contributed by atoms with Crippen LogP contribution in [0.1, 0.15) is 34.8 Å². The number of benzene rings is 2. The van der Waals surface area contributed by atoms with Crippen molar-refractivity contribution in [1.29, 1.82) is 0 Å². The first-order valence-corrected chi connectivity index (χ1v) is 9.17. The van der Waals surface area contributed by atoms with E-state index in [1.807, 2.05) is 50.2 Å². The number of aromatic nitrogens is 1. The molecule has 5 heteroatoms. The van der Waals surface area contributed by atoms with Gasteiger partial charge in [0.1, 0.15) is 0 Å². The standard InChI is InChI=1S/C22H21N3O2/c1-3-20(26)25-12-10-15-13-16(7-9-19(15)25)22(27)24-18-8-6-14(2)21-17(18)5-4-11-23-21/h4-9,11,13H,3,10,12H2,1-2H3,(H,24,27). The lowest BCUT2D eigenvalue weighted by Gasteiger charge is -2.16. The van der Waals surface area contributed by atoms with Crippen molar-refractivity contribution in [1.82, 2.24) is 4.98 Å². The Morgan fingerprint density at radius 1 is 1.19 bits per heavy atom. The maximum atomic E-state index is 12.8. The number of fused-ring (bicyclic) bond motifs is 2. The predicted molar refractivity (Wildman–Crippen MR) is 107 cm³/mol. The summed E-state index contributed by atoms with van der Waals surface area (Å²) in [7, 11) is 0. The van der Waals surface area contributed by atoms with Crippen molar-refractivity contribution in [2.45, 2.75) is 26.7 Å². The molecule has 4 rings (SSSR count). The highest BCUT2D eigenvalue weighted by Gasteiger charge is 2.24. The van der Waals surface area contributed by atoms with Crippen LogP contribution in [0.2, 0.25) is 0 Å². The fourth-order valence-electron chi connectivity index (χ4n) is 3.61. The van der Waals surface area contributed by atoms with Gasteiger partial charge in [-0.1, -0.05) is 13.0 Å². The van der Waals surface area contributed by atoms with Crippen LogP contribution >= 0.6 is 0 Å². The molecule has 0 atom stereocenters. The van der Waals surface area contributed by atoms with Gasteiger partial charge in [0.25, 0.3) is 5.91 Å². The number of carbonyl (C=O) groups is 2. The van der Waals surface area contributed by atoms with Gasteiger partial charge in [-0.3, -0.25) is 14.6 Å². The summed E-state index contributed by atoms with van der Waals surface area (Å²) < 4.78 is 0. The Balaban J connectivity index is 1.62. The highest BCUT2D eigenvalue weighted by molar-refractivity contribution is 6.09. The number of carbonyl (C=O) groups excluding carboxylic acids is 2. The van der Waals surface area contributed by atoms with E-state index in [4.69, 9.17) is 0 Å². The molecule has 0 saturated carbocycles. The van der Waals surface area contributed by atoms with Crippen molar-refractivity contribution >= 4 is 34.1 Å². The van der Waals surface area contributed by atoms with Crippen LogP contribution in [0.25, 0.3) is 10.9 Å². The van der Waals surface area contributed by atoms with Crippen molar-refractivity contribution in [3.05, 3.63) is 65.4 Å². The maximum Gasteiger partial charge on any atom is 0.255 e. The first kappa shape index (κ1) is 17.2. The number of aryl methyl sites for hydroxylation is 1. The van der Waals surface area contributed by atoms with E-state index in [1.54, 1.807) is 17.2 Å². The summed E-state index contributed by atoms with van der Waals surface area (Å²) in [5.41, 5.74) is 5.26. The predicted octanol–water partition coefficient (Wildman–Crippen LogP) is 4.09. The summed E-state index contributed by atoms with van der Waals surface area (Å²) in [5.74, 6) is -0.0448. The number of anilines is 2. The Morgan fingerprint density at radius 3 is 2.85 bits per heavy atom. The molecule has 0 radical (unpaired) electrons. The molecule has 27 heavy (non-hydrogen) atoms. The first-order valence-electron chi connectivity index (χ1n) is 9.17. The van der Waals surface area contributed by atoms with E-state index in [0.717, 1.165) is 39.8 Å². The summed E-state index contributed by atoms with van der Waals surface area (Å²) in [6, 6.07) is 13.2. The highest BCUT2D eigenvalue weighted by atomic mass is 16.2. The summed E-state index contributed by atoms with van der Waals surface area (Å²) in [6.07, 6.45) is 3.01. The minimum atomic E-state index is -0.160. The quantitative estimate of drug-likeness (QED) is 0.766. The molecule has 5 nitrogen and oxygen atoms in total. The Labute approximate surface area is 158 Å². The van der Waals surface area contributed by atoms with Gasteiger partial charge < -0.3 is 10.2 Å². The van der Waals surface area contributed by atoms with Crippen molar-refractivity contribution in [2.24, 2.45) is 0 Å². The zero-order valence-electron chi connectivity index (χ0n) is 15.5. The lowest BCUT2D eigenvalue weighted by molar-refractivity contribution is -0.118. The second kappa shape index (κ2) is 6.83. The SMILES string of the molecule is CCC(=O)N1CCc2cc(C(=O)Nc3ccc(C)c4ncccc34)ccc21. The summed E-state index contributed by atoms with van der Waals surface area (Å²) in [4.78, 5) is 31.0. The molecule has 136 valence electrons. The van der Waals surface area contributed by atoms with E-state index in [1.165, 1.54) is 0 Å². The van der Waals surface area contributed by atoms with E-state index in [2.05, 4.69) is 10.3 Å². The molecule has 3 aromatic rings. The molecule has 2 aromatic carbocycles. The topological polar surface area (TPSA) is 62.3 Å². The molecule has 0 unspecified atom stereocenters. The molecular formula is C22H21N3O2. The summed E-state index contributed by atoms with van der Waals surface area (Å²) >= 11 is 0. The number of rotatable bonds is 3. The molecule has 1 aliphatic rings. The number of nitrogens with zero attached hydrogens (tertiary/aromatic N) is 2. The minimum Gasteiger partial charge on any atom is -0.321 e. The molecule has 0 saturated heterocycles. The van der Waals surface area contributed by atoms with Crippen molar-refractivity contribution in [3.8, 4) is 0 Å². The summed E-state index contributed by atoms with van der Waals surface area (Å²) in [6.45, 7) is 4.55. The Morgan fingerprint density at radius 2 is 2.04 bits per heavy atom. The van der Waals surface area contributed by atoms with E-state index < -0.39 is 0 Å². The molecule has 1 aliphatic heterocycles. The van der Waals surface area contributed by atoms with Gasteiger partial charge in [0.15, 0.2) is 0 Å². The molecule has 1 aromatic heterocycles. The van der Waals surface area contributed by atoms with Crippen LogP contribution in [-0.4, -0.2) is 23.3 Å². The average molecular weight is 359 g/mol. The Hall–Kier alpha value is -3.21. The number of amides is 2. The lowest BCUT2D eigenvalue weighted by Crippen LogP contribution is -2.27.